The number of aliphatic imine (C=N–C) groups is 1. The first kappa shape index (κ1) is 18.1. The molecular weight excluding hydrogens is 348 g/mol. The van der Waals surface area contributed by atoms with Gasteiger partial charge < -0.3 is 5.32 Å². The van der Waals surface area contributed by atoms with Crippen LogP contribution >= 0.6 is 23.5 Å². The third kappa shape index (κ3) is 4.47. The number of benzene rings is 2. The largest absolute Gasteiger partial charge is 0.325 e. The van der Waals surface area contributed by atoms with E-state index in [1.54, 1.807) is 11.8 Å². The van der Waals surface area contributed by atoms with E-state index in [0.717, 1.165) is 34.3 Å². The second kappa shape index (κ2) is 8.59. The Bertz CT molecular complexity index is 780. The number of carbonyl (C=O) groups is 1. The van der Waals surface area contributed by atoms with E-state index in [9.17, 15) is 4.79 Å². The molecule has 0 spiro atoms. The van der Waals surface area contributed by atoms with Crippen LogP contribution in [0.1, 0.15) is 30.5 Å². The first-order valence-electron chi connectivity index (χ1n) is 8.54. The van der Waals surface area contributed by atoms with Gasteiger partial charge in [-0.2, -0.15) is 0 Å². The molecule has 0 saturated heterocycles. The lowest BCUT2D eigenvalue weighted by molar-refractivity contribution is -0.113. The molecule has 2 aromatic carbocycles. The molecule has 0 fully saturated rings. The van der Waals surface area contributed by atoms with Gasteiger partial charge in [0, 0.05) is 11.4 Å². The Morgan fingerprint density at radius 2 is 1.84 bits per heavy atom. The minimum Gasteiger partial charge on any atom is -0.325 e. The number of fused-ring (bicyclic) bond motifs is 1. The van der Waals surface area contributed by atoms with Crippen LogP contribution in [0.15, 0.2) is 47.5 Å². The van der Waals surface area contributed by atoms with Gasteiger partial charge in [-0.15, -0.1) is 0 Å². The molecule has 1 N–H and O–H groups in total. The molecule has 25 heavy (non-hydrogen) atoms. The molecule has 3 rings (SSSR count). The monoisotopic (exact) mass is 370 g/mol. The summed E-state index contributed by atoms with van der Waals surface area (Å²) in [7, 11) is 0. The number of amides is 1. The molecule has 0 atom stereocenters. The van der Waals surface area contributed by atoms with Crippen LogP contribution in [0.4, 0.5) is 11.4 Å². The van der Waals surface area contributed by atoms with Crippen molar-refractivity contribution in [1.29, 1.82) is 0 Å². The Morgan fingerprint density at radius 1 is 1.12 bits per heavy atom. The average Bonchev–Trinajstić information content (AvgIpc) is 2.66. The predicted octanol–water partition coefficient (Wildman–Crippen LogP) is 5.42. The highest BCUT2D eigenvalue weighted by Gasteiger charge is 2.15. The second-order valence-electron chi connectivity index (χ2n) is 5.79. The highest BCUT2D eigenvalue weighted by Crippen LogP contribution is 2.34. The number of nitrogens with one attached hydrogen (secondary N) is 1. The highest BCUT2D eigenvalue weighted by atomic mass is 32.2. The number of nitrogens with zero attached hydrogens (tertiary/aromatic N) is 1. The predicted molar refractivity (Wildman–Crippen MR) is 111 cm³/mol. The number of para-hydroxylation sites is 2. The van der Waals surface area contributed by atoms with Crippen molar-refractivity contribution in [2.24, 2.45) is 4.99 Å². The number of rotatable bonds is 5. The van der Waals surface area contributed by atoms with Crippen molar-refractivity contribution in [2.75, 3.05) is 11.1 Å². The summed E-state index contributed by atoms with van der Waals surface area (Å²) in [6.07, 6.45) is 1.83. The smallest absolute Gasteiger partial charge is 0.234 e. The third-order valence-corrected chi connectivity index (χ3v) is 6.39. The quantitative estimate of drug-likeness (QED) is 0.764. The van der Waals surface area contributed by atoms with Crippen LogP contribution in [0, 0.1) is 0 Å². The fourth-order valence-electron chi connectivity index (χ4n) is 2.79. The van der Waals surface area contributed by atoms with Gasteiger partial charge in [-0.3, -0.25) is 4.79 Å². The molecule has 3 nitrogen and oxygen atoms in total. The number of hydrogen-bond acceptors (Lipinski definition) is 4. The topological polar surface area (TPSA) is 41.5 Å². The van der Waals surface area contributed by atoms with Crippen LogP contribution in [-0.4, -0.2) is 16.0 Å². The molecule has 1 amide bonds. The van der Waals surface area contributed by atoms with E-state index < -0.39 is 0 Å². The summed E-state index contributed by atoms with van der Waals surface area (Å²) in [4.78, 5) is 17.1. The van der Waals surface area contributed by atoms with Crippen LogP contribution in [0.2, 0.25) is 0 Å². The second-order valence-corrected chi connectivity index (χ2v) is 7.98. The number of anilines is 1. The molecule has 130 valence electrons. The third-order valence-electron chi connectivity index (χ3n) is 4.14. The van der Waals surface area contributed by atoms with Gasteiger partial charge in [-0.25, -0.2) is 4.99 Å². The Morgan fingerprint density at radius 3 is 2.56 bits per heavy atom. The lowest BCUT2D eigenvalue weighted by atomic mass is 10.0. The molecule has 1 heterocycles. The van der Waals surface area contributed by atoms with Crippen molar-refractivity contribution in [3.8, 4) is 0 Å². The van der Waals surface area contributed by atoms with Crippen molar-refractivity contribution in [1.82, 2.24) is 0 Å². The Labute approximate surface area is 157 Å². The van der Waals surface area contributed by atoms with E-state index in [4.69, 9.17) is 0 Å². The highest BCUT2D eigenvalue weighted by molar-refractivity contribution is 8.38. The molecule has 0 bridgehead atoms. The Hall–Kier alpha value is -1.72. The standard InChI is InChI=1S/C20H22N2OS2/c1-3-14-9-7-10-15(4-2)19(14)22-18(23)13-25-20-21-17-11-6-5-8-16(17)12-24-20/h5-11H,3-4,12-13H2,1-2H3,(H,22,23). The van der Waals surface area contributed by atoms with Crippen molar-refractivity contribution < 1.29 is 4.79 Å². The molecule has 1 aliphatic rings. The molecule has 0 unspecified atom stereocenters. The van der Waals surface area contributed by atoms with Crippen molar-refractivity contribution >= 4 is 45.2 Å². The minimum absolute atomic E-state index is 0.0303. The maximum Gasteiger partial charge on any atom is 0.234 e. The van der Waals surface area contributed by atoms with Crippen molar-refractivity contribution in [3.63, 3.8) is 0 Å². The van der Waals surface area contributed by atoms with Crippen molar-refractivity contribution in [2.45, 2.75) is 32.4 Å². The van der Waals surface area contributed by atoms with Gasteiger partial charge in [0.2, 0.25) is 5.91 Å². The van der Waals surface area contributed by atoms with E-state index in [2.05, 4.69) is 48.4 Å². The number of carbonyl (C=O) groups excluding carboxylic acids is 1. The molecule has 1 aliphatic heterocycles. The molecular formula is C20H22N2OS2. The first-order valence-corrected chi connectivity index (χ1v) is 10.5. The number of thioether (sulfide) groups is 2. The summed E-state index contributed by atoms with van der Waals surface area (Å²) in [6, 6.07) is 14.4. The zero-order chi connectivity index (χ0) is 17.6. The van der Waals surface area contributed by atoms with Crippen molar-refractivity contribution in [3.05, 3.63) is 59.2 Å². The van der Waals surface area contributed by atoms with E-state index in [1.165, 1.54) is 28.5 Å². The van der Waals surface area contributed by atoms with Gasteiger partial charge in [-0.05, 0) is 35.6 Å². The first-order chi connectivity index (χ1) is 12.2. The van der Waals surface area contributed by atoms with Crippen LogP contribution in [0.3, 0.4) is 0 Å². The van der Waals surface area contributed by atoms with E-state index >= 15 is 0 Å². The lowest BCUT2D eigenvalue weighted by Crippen LogP contribution is -2.17. The SMILES string of the molecule is CCc1cccc(CC)c1NC(=O)CSC1=Nc2ccccc2CS1. The zero-order valence-electron chi connectivity index (χ0n) is 14.5. The van der Waals surface area contributed by atoms with Crippen LogP contribution in [0.25, 0.3) is 0 Å². The van der Waals surface area contributed by atoms with E-state index in [0.29, 0.717) is 5.75 Å². The molecule has 0 aliphatic carbocycles. The number of hydrogen-bond donors (Lipinski definition) is 1. The molecule has 5 heteroatoms. The lowest BCUT2D eigenvalue weighted by Gasteiger charge is -2.16. The summed E-state index contributed by atoms with van der Waals surface area (Å²) < 4.78 is 0.966. The summed E-state index contributed by atoms with van der Waals surface area (Å²) in [6.45, 7) is 4.23. The maximum absolute atomic E-state index is 12.4. The maximum atomic E-state index is 12.4. The van der Waals surface area contributed by atoms with Gasteiger partial charge in [0.25, 0.3) is 0 Å². The van der Waals surface area contributed by atoms with Crippen LogP contribution in [0.5, 0.6) is 0 Å². The van der Waals surface area contributed by atoms with Crippen LogP contribution in [-0.2, 0) is 23.4 Å². The fraction of sp³-hybridized carbons (Fsp3) is 0.300. The van der Waals surface area contributed by atoms with E-state index in [-0.39, 0.29) is 5.91 Å². The molecule has 0 saturated carbocycles. The average molecular weight is 371 g/mol. The normalized spacial score (nSPS) is 13.1. The van der Waals surface area contributed by atoms with E-state index in [1.807, 2.05) is 18.2 Å². The summed E-state index contributed by atoms with van der Waals surface area (Å²) in [5.41, 5.74) is 5.65. The van der Waals surface area contributed by atoms with Gasteiger partial charge in [0.15, 0.2) is 0 Å². The Balaban J connectivity index is 1.64. The Kier molecular flexibility index (Phi) is 6.21. The fourth-order valence-corrected chi connectivity index (χ4v) is 4.65. The van der Waals surface area contributed by atoms with Crippen LogP contribution < -0.4 is 5.32 Å². The van der Waals surface area contributed by atoms with Gasteiger partial charge in [0.1, 0.15) is 4.38 Å². The van der Waals surface area contributed by atoms with Gasteiger partial charge in [-0.1, -0.05) is 73.8 Å². The summed E-state index contributed by atoms with van der Waals surface area (Å²) in [5.74, 6) is 1.33. The molecule has 0 aromatic heterocycles. The minimum atomic E-state index is 0.0303. The van der Waals surface area contributed by atoms with Gasteiger partial charge >= 0.3 is 0 Å². The zero-order valence-corrected chi connectivity index (χ0v) is 16.2. The molecule has 0 radical (unpaired) electrons. The summed E-state index contributed by atoms with van der Waals surface area (Å²) >= 11 is 3.22. The summed E-state index contributed by atoms with van der Waals surface area (Å²) in [5, 5.41) is 3.12. The van der Waals surface area contributed by atoms with Gasteiger partial charge in [0.05, 0.1) is 11.4 Å². The molecule has 2 aromatic rings. The number of aryl methyl sites for hydroxylation is 2.